The molecule has 0 aromatic carbocycles. The Kier molecular flexibility index (Phi) is 17.5. The molecule has 0 saturated carbocycles. The molecular formula is C38H67N3O10. The maximum atomic E-state index is 14.2. The Bertz CT molecular complexity index is 1190. The number of likely N-dealkylation sites (N-methyl/N-ethyl adjacent to an activating group) is 1. The lowest BCUT2D eigenvalue weighted by atomic mass is 9.74. The van der Waals surface area contributed by atoms with Crippen LogP contribution in [0.2, 0.25) is 0 Å². The Balaban J connectivity index is 2.68. The molecule has 0 aliphatic carbocycles. The Hall–Kier alpha value is -2.15. The average Bonchev–Trinajstić information content (AvgIpc) is 3.08. The van der Waals surface area contributed by atoms with Gasteiger partial charge < -0.3 is 44.0 Å². The molecule has 2 heterocycles. The summed E-state index contributed by atoms with van der Waals surface area (Å²) < 4.78 is 24.8. The van der Waals surface area contributed by atoms with Gasteiger partial charge in [-0.2, -0.15) is 0 Å². The third kappa shape index (κ3) is 11.4. The molecular weight excluding hydrogens is 658 g/mol. The number of aliphatic hydroxyl groups is 3. The Morgan fingerprint density at radius 1 is 1.06 bits per heavy atom. The fraction of sp³-hybridized carbons (Fsp3) is 0.868. The van der Waals surface area contributed by atoms with Crippen LogP contribution in [0.4, 0.5) is 0 Å². The number of cyclic esters (lactones) is 1. The quantitative estimate of drug-likeness (QED) is 0.0890. The van der Waals surface area contributed by atoms with Crippen molar-refractivity contribution >= 4 is 17.5 Å². The zero-order valence-electron chi connectivity index (χ0n) is 33.1. The van der Waals surface area contributed by atoms with Crippen LogP contribution in [0.5, 0.6) is 0 Å². The molecule has 13 nitrogen and oxygen atoms in total. The minimum absolute atomic E-state index is 0.182. The smallest absolute Gasteiger partial charge is 0.316 e. The summed E-state index contributed by atoms with van der Waals surface area (Å²) in [6, 6.07) is -0.331. The number of rotatable bonds is 12. The van der Waals surface area contributed by atoms with Crippen molar-refractivity contribution in [2.24, 2.45) is 28.8 Å². The lowest BCUT2D eigenvalue weighted by Gasteiger charge is -2.47. The highest BCUT2D eigenvalue weighted by molar-refractivity contribution is 6.00. The predicted molar refractivity (Wildman–Crippen MR) is 195 cm³/mol. The van der Waals surface area contributed by atoms with E-state index in [4.69, 9.17) is 30.2 Å². The van der Waals surface area contributed by atoms with Gasteiger partial charge in [0.05, 0.1) is 29.6 Å². The van der Waals surface area contributed by atoms with Crippen LogP contribution in [0, 0.1) is 36.0 Å². The average molecular weight is 726 g/mol. The van der Waals surface area contributed by atoms with Crippen LogP contribution < -0.4 is 0 Å². The van der Waals surface area contributed by atoms with Gasteiger partial charge in [-0.1, -0.05) is 32.9 Å². The molecule has 0 aromatic heterocycles. The zero-order valence-corrected chi connectivity index (χ0v) is 33.1. The van der Waals surface area contributed by atoms with Crippen LogP contribution in [0.3, 0.4) is 0 Å². The maximum absolute atomic E-state index is 14.2. The molecule has 0 bridgehead atoms. The Labute approximate surface area is 306 Å². The zero-order chi connectivity index (χ0) is 38.8. The maximum Gasteiger partial charge on any atom is 0.316 e. The van der Waals surface area contributed by atoms with Crippen molar-refractivity contribution in [3.63, 3.8) is 0 Å². The molecule has 2 aliphatic heterocycles. The number of methoxy groups -OCH3 is 1. The first-order chi connectivity index (χ1) is 23.8. The van der Waals surface area contributed by atoms with E-state index >= 15 is 0 Å². The number of aliphatic hydroxyl groups excluding tert-OH is 2. The van der Waals surface area contributed by atoms with E-state index in [9.17, 15) is 24.9 Å². The molecule has 0 radical (unpaired) electrons. The fourth-order valence-electron chi connectivity index (χ4n) is 7.51. The molecule has 0 unspecified atom stereocenters. The van der Waals surface area contributed by atoms with Crippen molar-refractivity contribution in [2.75, 3.05) is 47.9 Å². The van der Waals surface area contributed by atoms with Crippen LogP contribution in [-0.2, 0) is 33.4 Å². The second-order valence-electron chi connectivity index (χ2n) is 15.4. The number of carbonyl (C=O) groups is 2. The van der Waals surface area contributed by atoms with Gasteiger partial charge >= 0.3 is 5.97 Å². The van der Waals surface area contributed by atoms with E-state index in [-0.39, 0.29) is 25.0 Å². The number of hydrogen-bond acceptors (Lipinski definition) is 13. The molecule has 2 fully saturated rings. The molecule has 294 valence electrons. The summed E-state index contributed by atoms with van der Waals surface area (Å²) in [6.45, 7) is 15.3. The van der Waals surface area contributed by atoms with Crippen LogP contribution >= 0.6 is 0 Å². The van der Waals surface area contributed by atoms with E-state index in [1.807, 2.05) is 51.7 Å². The number of ether oxygens (including phenoxy) is 4. The van der Waals surface area contributed by atoms with Crippen molar-refractivity contribution < 1.29 is 48.7 Å². The topological polar surface area (TPSA) is 160 Å². The predicted octanol–water partition coefficient (Wildman–Crippen LogP) is 2.87. The summed E-state index contributed by atoms with van der Waals surface area (Å²) >= 11 is 0. The third-order valence-electron chi connectivity index (χ3n) is 10.9. The highest BCUT2D eigenvalue weighted by atomic mass is 16.7. The second-order valence-corrected chi connectivity index (χ2v) is 15.4. The van der Waals surface area contributed by atoms with Crippen LogP contribution in [0.15, 0.2) is 5.16 Å². The number of esters is 1. The molecule has 3 N–H and O–H groups in total. The molecule has 0 spiro atoms. The first kappa shape index (κ1) is 45.0. The van der Waals surface area contributed by atoms with Gasteiger partial charge in [-0.15, -0.1) is 12.3 Å². The van der Waals surface area contributed by atoms with Crippen molar-refractivity contribution in [2.45, 2.75) is 142 Å². The van der Waals surface area contributed by atoms with Crippen LogP contribution in [0.25, 0.3) is 0 Å². The SMILES string of the molecule is C#CCCN(C)[C@H]1C[C@@H](C)O[C@@H](O[C@@H]2[C@@H](C)C(=O)[C@@H](C)C(=O)O[C@H](CC)[C@@](C)(O)[C@H](O)[C@@H](C)C(=NOCCCN(C)C)[C@H](C)C[C@@]2(C)OC)[C@@H]1O. The Morgan fingerprint density at radius 3 is 2.27 bits per heavy atom. The number of Topliss-reactive ketones (excluding diaryl/α,β-unsaturated/α-hetero) is 1. The fourth-order valence-corrected chi connectivity index (χ4v) is 7.51. The van der Waals surface area contributed by atoms with Gasteiger partial charge in [0.2, 0.25) is 0 Å². The molecule has 2 rings (SSSR count). The van der Waals surface area contributed by atoms with Gasteiger partial charge in [-0.05, 0) is 74.5 Å². The summed E-state index contributed by atoms with van der Waals surface area (Å²) in [5, 5.41) is 39.5. The van der Waals surface area contributed by atoms with Crippen molar-refractivity contribution in [3.8, 4) is 12.3 Å². The van der Waals surface area contributed by atoms with E-state index in [1.165, 1.54) is 21.0 Å². The van der Waals surface area contributed by atoms with E-state index < -0.39 is 77.3 Å². The standard InChI is InChI=1S/C38H67N3O10/c1-14-16-19-41(12)28-21-24(4)49-36(32(28)43)51-34-26(6)31(42)27(7)35(45)50-29(15-2)38(9,46)33(44)25(5)30(23(3)22-37(34,8)47-13)39-48-20-17-18-40(10)11/h1,23-29,32-34,36,43-44,46H,15-22H2,2-13H3/t23-,24-,25+,26+,27-,28+,29-,32-,33-,34-,36+,37-,38-/m1/s1. The molecule has 51 heavy (non-hydrogen) atoms. The number of terminal acetylenes is 1. The minimum Gasteiger partial charge on any atom is -0.459 e. The second kappa shape index (κ2) is 19.8. The summed E-state index contributed by atoms with van der Waals surface area (Å²) in [6.07, 6.45) is 1.60. The first-order valence-corrected chi connectivity index (χ1v) is 18.4. The van der Waals surface area contributed by atoms with Gasteiger partial charge in [0.1, 0.15) is 30.3 Å². The van der Waals surface area contributed by atoms with Gasteiger partial charge in [0.25, 0.3) is 0 Å². The molecule has 2 aliphatic rings. The number of ketones is 1. The molecule has 13 heteroatoms. The summed E-state index contributed by atoms with van der Waals surface area (Å²) in [5.74, 6) is -2.03. The number of carbonyl (C=O) groups excluding carboxylic acids is 2. The minimum atomic E-state index is -1.89. The summed E-state index contributed by atoms with van der Waals surface area (Å²) in [5.41, 5.74) is -2.65. The van der Waals surface area contributed by atoms with Crippen molar-refractivity contribution in [1.82, 2.24) is 9.80 Å². The van der Waals surface area contributed by atoms with Gasteiger partial charge in [0.15, 0.2) is 12.1 Å². The van der Waals surface area contributed by atoms with E-state index in [2.05, 4.69) is 11.1 Å². The highest BCUT2D eigenvalue weighted by Crippen LogP contribution is 2.38. The Morgan fingerprint density at radius 2 is 1.71 bits per heavy atom. The molecule has 0 amide bonds. The number of oxime groups is 1. The van der Waals surface area contributed by atoms with E-state index in [1.54, 1.807) is 20.8 Å². The summed E-state index contributed by atoms with van der Waals surface area (Å²) in [4.78, 5) is 37.5. The third-order valence-corrected chi connectivity index (χ3v) is 10.9. The lowest BCUT2D eigenvalue weighted by Crippen LogP contribution is -2.60. The normalized spacial score (nSPS) is 39.8. The largest absolute Gasteiger partial charge is 0.459 e. The molecule has 13 atom stereocenters. The first-order valence-electron chi connectivity index (χ1n) is 18.4. The van der Waals surface area contributed by atoms with E-state index in [0.717, 1.165) is 6.54 Å². The molecule has 2 saturated heterocycles. The van der Waals surface area contributed by atoms with Crippen molar-refractivity contribution in [3.05, 3.63) is 0 Å². The van der Waals surface area contributed by atoms with Crippen LogP contribution in [-0.4, -0.2) is 145 Å². The lowest BCUT2D eigenvalue weighted by molar-refractivity contribution is -0.295. The number of hydrogen-bond donors (Lipinski definition) is 3. The number of nitrogens with zero attached hydrogens (tertiary/aromatic N) is 3. The van der Waals surface area contributed by atoms with Gasteiger partial charge in [-0.3, -0.25) is 14.5 Å². The monoisotopic (exact) mass is 725 g/mol. The van der Waals surface area contributed by atoms with Gasteiger partial charge in [-0.25, -0.2) is 0 Å². The van der Waals surface area contributed by atoms with E-state index in [0.29, 0.717) is 38.1 Å². The molecule has 0 aromatic rings. The van der Waals surface area contributed by atoms with Crippen LogP contribution in [0.1, 0.15) is 87.5 Å². The summed E-state index contributed by atoms with van der Waals surface area (Å²) in [7, 11) is 7.34. The highest BCUT2D eigenvalue weighted by Gasteiger charge is 2.51. The van der Waals surface area contributed by atoms with Crippen molar-refractivity contribution in [1.29, 1.82) is 0 Å². The van der Waals surface area contributed by atoms with Gasteiger partial charge in [0, 0.05) is 50.4 Å².